The summed E-state index contributed by atoms with van der Waals surface area (Å²) in [5.74, 6) is 1.82. The Bertz CT molecular complexity index is 413. The van der Waals surface area contributed by atoms with E-state index < -0.39 is 0 Å². The molecule has 0 aromatic heterocycles. The maximum atomic E-state index is 11.7. The van der Waals surface area contributed by atoms with E-state index in [-0.39, 0.29) is 5.91 Å². The Hall–Kier alpha value is -1.00. The van der Waals surface area contributed by atoms with Crippen molar-refractivity contribution in [1.82, 2.24) is 10.6 Å². The van der Waals surface area contributed by atoms with Gasteiger partial charge in [-0.3, -0.25) is 4.79 Å². The molecule has 1 amide bonds. The van der Waals surface area contributed by atoms with Crippen LogP contribution in [-0.2, 0) is 4.79 Å². The molecular weight excluding hydrogens is 268 g/mol. The molecule has 4 heteroatoms. The van der Waals surface area contributed by atoms with Crippen molar-refractivity contribution in [3.63, 3.8) is 0 Å². The first kappa shape index (κ1) is 15.4. The first-order chi connectivity index (χ1) is 9.74. The van der Waals surface area contributed by atoms with Crippen molar-refractivity contribution in [3.8, 4) is 0 Å². The van der Waals surface area contributed by atoms with Gasteiger partial charge in [0.2, 0.25) is 5.91 Å². The lowest BCUT2D eigenvalue weighted by Crippen LogP contribution is -2.26. The Balaban J connectivity index is 1.53. The van der Waals surface area contributed by atoms with Gasteiger partial charge in [0.1, 0.15) is 0 Å². The minimum absolute atomic E-state index is 0.196. The van der Waals surface area contributed by atoms with Crippen LogP contribution >= 0.6 is 11.8 Å². The van der Waals surface area contributed by atoms with Crippen LogP contribution in [0.2, 0.25) is 0 Å². The Morgan fingerprint density at radius 2 is 2.20 bits per heavy atom. The second-order valence-electron chi connectivity index (χ2n) is 5.41. The molecular formula is C16H24N2OS. The van der Waals surface area contributed by atoms with Gasteiger partial charge in [0.05, 0.1) is 0 Å². The van der Waals surface area contributed by atoms with Gasteiger partial charge in [-0.1, -0.05) is 17.7 Å². The second kappa shape index (κ2) is 8.32. The zero-order valence-electron chi connectivity index (χ0n) is 12.2. The van der Waals surface area contributed by atoms with E-state index in [2.05, 4.69) is 41.8 Å². The molecule has 0 saturated carbocycles. The van der Waals surface area contributed by atoms with Crippen molar-refractivity contribution in [2.45, 2.75) is 31.1 Å². The van der Waals surface area contributed by atoms with E-state index in [0.717, 1.165) is 31.8 Å². The van der Waals surface area contributed by atoms with Gasteiger partial charge >= 0.3 is 0 Å². The molecule has 1 heterocycles. The number of benzene rings is 1. The number of hydrogen-bond donors (Lipinski definition) is 2. The molecule has 0 radical (unpaired) electrons. The average molecular weight is 292 g/mol. The molecule has 1 aliphatic rings. The van der Waals surface area contributed by atoms with E-state index in [1.807, 2.05) is 0 Å². The molecule has 0 aliphatic carbocycles. The normalized spacial score (nSPS) is 18.1. The monoisotopic (exact) mass is 292 g/mol. The Labute approximate surface area is 125 Å². The largest absolute Gasteiger partial charge is 0.355 e. The molecule has 1 saturated heterocycles. The van der Waals surface area contributed by atoms with E-state index in [9.17, 15) is 4.79 Å². The summed E-state index contributed by atoms with van der Waals surface area (Å²) in [6, 6.07) is 8.51. The summed E-state index contributed by atoms with van der Waals surface area (Å²) in [6.07, 6.45) is 2.90. The van der Waals surface area contributed by atoms with Crippen LogP contribution in [0.3, 0.4) is 0 Å². The SMILES string of the molecule is Cc1ccc(SCCNC(=O)CCC2CCNC2)cc1. The van der Waals surface area contributed by atoms with Crippen LogP contribution in [0.4, 0.5) is 0 Å². The average Bonchev–Trinajstić information content (AvgIpc) is 2.96. The molecule has 1 fully saturated rings. The van der Waals surface area contributed by atoms with Gasteiger partial charge in [0.15, 0.2) is 0 Å². The molecule has 1 unspecified atom stereocenters. The quantitative estimate of drug-likeness (QED) is 0.599. The lowest BCUT2D eigenvalue weighted by molar-refractivity contribution is -0.121. The molecule has 1 aromatic carbocycles. The summed E-state index contributed by atoms with van der Waals surface area (Å²) in [6.45, 7) is 5.03. The molecule has 0 bridgehead atoms. The zero-order valence-corrected chi connectivity index (χ0v) is 13.0. The number of nitrogens with one attached hydrogen (secondary N) is 2. The van der Waals surface area contributed by atoms with E-state index in [4.69, 9.17) is 0 Å². The van der Waals surface area contributed by atoms with Crippen LogP contribution in [0.1, 0.15) is 24.8 Å². The third-order valence-corrected chi connectivity index (χ3v) is 4.67. The number of aryl methyl sites for hydroxylation is 1. The first-order valence-electron chi connectivity index (χ1n) is 7.41. The number of carbonyl (C=O) groups excluding carboxylic acids is 1. The van der Waals surface area contributed by atoms with Crippen LogP contribution in [0.15, 0.2) is 29.2 Å². The van der Waals surface area contributed by atoms with Gasteiger partial charge in [-0.25, -0.2) is 0 Å². The van der Waals surface area contributed by atoms with Crippen LogP contribution < -0.4 is 10.6 Å². The minimum Gasteiger partial charge on any atom is -0.355 e. The second-order valence-corrected chi connectivity index (χ2v) is 6.58. The summed E-state index contributed by atoms with van der Waals surface area (Å²) in [5, 5.41) is 6.34. The Morgan fingerprint density at radius 1 is 1.40 bits per heavy atom. The van der Waals surface area contributed by atoms with E-state index in [0.29, 0.717) is 12.3 Å². The highest BCUT2D eigenvalue weighted by Gasteiger charge is 2.15. The van der Waals surface area contributed by atoms with Gasteiger partial charge in [-0.15, -0.1) is 11.8 Å². The molecule has 20 heavy (non-hydrogen) atoms. The first-order valence-corrected chi connectivity index (χ1v) is 8.39. The molecule has 2 rings (SSSR count). The maximum Gasteiger partial charge on any atom is 0.220 e. The number of hydrogen-bond acceptors (Lipinski definition) is 3. The van der Waals surface area contributed by atoms with Gasteiger partial charge in [-0.05, 0) is 50.9 Å². The molecule has 1 aromatic rings. The van der Waals surface area contributed by atoms with Crippen molar-refractivity contribution in [2.24, 2.45) is 5.92 Å². The highest BCUT2D eigenvalue weighted by molar-refractivity contribution is 7.99. The fourth-order valence-electron chi connectivity index (χ4n) is 2.38. The number of amides is 1. The van der Waals surface area contributed by atoms with Gasteiger partial charge in [0, 0.05) is 23.6 Å². The zero-order chi connectivity index (χ0) is 14.2. The van der Waals surface area contributed by atoms with Crippen LogP contribution in [0, 0.1) is 12.8 Å². The fraction of sp³-hybridized carbons (Fsp3) is 0.562. The van der Waals surface area contributed by atoms with Crippen molar-refractivity contribution < 1.29 is 4.79 Å². The summed E-state index contributed by atoms with van der Waals surface area (Å²) >= 11 is 1.79. The predicted molar refractivity (Wildman–Crippen MR) is 85.1 cm³/mol. The van der Waals surface area contributed by atoms with Gasteiger partial charge < -0.3 is 10.6 Å². The number of carbonyl (C=O) groups is 1. The van der Waals surface area contributed by atoms with Crippen molar-refractivity contribution in [2.75, 3.05) is 25.4 Å². The molecule has 110 valence electrons. The van der Waals surface area contributed by atoms with Crippen molar-refractivity contribution in [1.29, 1.82) is 0 Å². The van der Waals surface area contributed by atoms with Crippen molar-refractivity contribution >= 4 is 17.7 Å². The van der Waals surface area contributed by atoms with E-state index in [1.54, 1.807) is 11.8 Å². The fourth-order valence-corrected chi connectivity index (χ4v) is 3.15. The van der Waals surface area contributed by atoms with Crippen LogP contribution in [0.25, 0.3) is 0 Å². The highest BCUT2D eigenvalue weighted by Crippen LogP contribution is 2.17. The Morgan fingerprint density at radius 3 is 2.90 bits per heavy atom. The molecule has 0 spiro atoms. The minimum atomic E-state index is 0.196. The van der Waals surface area contributed by atoms with Crippen LogP contribution in [0.5, 0.6) is 0 Å². The summed E-state index contributed by atoms with van der Waals surface area (Å²) in [7, 11) is 0. The third-order valence-electron chi connectivity index (χ3n) is 3.66. The predicted octanol–water partition coefficient (Wildman–Crippen LogP) is 2.59. The molecule has 3 nitrogen and oxygen atoms in total. The smallest absolute Gasteiger partial charge is 0.220 e. The third kappa shape index (κ3) is 5.55. The van der Waals surface area contributed by atoms with E-state index >= 15 is 0 Å². The lowest BCUT2D eigenvalue weighted by atomic mass is 10.0. The summed E-state index contributed by atoms with van der Waals surface area (Å²) in [5.41, 5.74) is 1.28. The maximum absolute atomic E-state index is 11.7. The summed E-state index contributed by atoms with van der Waals surface area (Å²) < 4.78 is 0. The standard InChI is InChI=1S/C16H24N2OS/c1-13-2-5-15(6-3-13)20-11-10-18-16(19)7-4-14-8-9-17-12-14/h2-3,5-6,14,17H,4,7-12H2,1H3,(H,18,19). The van der Waals surface area contributed by atoms with Crippen molar-refractivity contribution in [3.05, 3.63) is 29.8 Å². The molecule has 1 aliphatic heterocycles. The van der Waals surface area contributed by atoms with Gasteiger partial charge in [0.25, 0.3) is 0 Å². The summed E-state index contributed by atoms with van der Waals surface area (Å²) in [4.78, 5) is 13.0. The molecule has 1 atom stereocenters. The number of rotatable bonds is 7. The number of thioether (sulfide) groups is 1. The lowest BCUT2D eigenvalue weighted by Gasteiger charge is -2.08. The molecule has 2 N–H and O–H groups in total. The highest BCUT2D eigenvalue weighted by atomic mass is 32.2. The topological polar surface area (TPSA) is 41.1 Å². The Kier molecular flexibility index (Phi) is 6.40. The van der Waals surface area contributed by atoms with E-state index in [1.165, 1.54) is 16.9 Å². The van der Waals surface area contributed by atoms with Gasteiger partial charge in [-0.2, -0.15) is 0 Å². The van der Waals surface area contributed by atoms with Crippen LogP contribution in [-0.4, -0.2) is 31.3 Å².